The normalized spacial score (nSPS) is 13.7. The molecular weight excluding hydrogens is 480 g/mol. The van der Waals surface area contributed by atoms with Crippen LogP contribution in [0.2, 0.25) is 0 Å². The first kappa shape index (κ1) is 31.8. The number of carbonyl (C=O) groups excluding carboxylic acids is 4. The number of ether oxygens (including phenoxy) is 3. The highest BCUT2D eigenvalue weighted by Gasteiger charge is 2.28. The van der Waals surface area contributed by atoms with Crippen molar-refractivity contribution in [1.29, 1.82) is 0 Å². The fraction of sp³-hybridized carbons (Fsp3) is 0.654. The first-order valence-corrected chi connectivity index (χ1v) is 12.2. The lowest BCUT2D eigenvalue weighted by Crippen LogP contribution is -2.53. The predicted molar refractivity (Wildman–Crippen MR) is 139 cm³/mol. The van der Waals surface area contributed by atoms with Gasteiger partial charge < -0.3 is 30.2 Å². The van der Waals surface area contributed by atoms with Crippen LogP contribution in [0.25, 0.3) is 0 Å². The second-order valence-corrected chi connectivity index (χ2v) is 11.6. The van der Waals surface area contributed by atoms with Crippen molar-refractivity contribution in [2.75, 3.05) is 11.9 Å². The second kappa shape index (κ2) is 12.8. The first-order valence-electron chi connectivity index (χ1n) is 12.2. The lowest BCUT2D eigenvalue weighted by molar-refractivity contribution is -0.128. The summed E-state index contributed by atoms with van der Waals surface area (Å²) in [6, 6.07) is 0.995. The zero-order valence-corrected chi connectivity index (χ0v) is 23.6. The van der Waals surface area contributed by atoms with Gasteiger partial charge in [-0.15, -0.1) is 0 Å². The Morgan fingerprint density at radius 3 is 2.00 bits per heavy atom. The van der Waals surface area contributed by atoms with Crippen molar-refractivity contribution in [2.24, 2.45) is 0 Å². The molecule has 11 heteroatoms. The minimum Gasteiger partial charge on any atom is -0.456 e. The number of aromatic nitrogens is 1. The third-order valence-corrected chi connectivity index (χ3v) is 4.37. The van der Waals surface area contributed by atoms with Crippen LogP contribution in [0.3, 0.4) is 0 Å². The van der Waals surface area contributed by atoms with E-state index in [9.17, 15) is 19.2 Å². The summed E-state index contributed by atoms with van der Waals surface area (Å²) in [7, 11) is 0. The molecule has 0 aliphatic heterocycles. The molecule has 0 bridgehead atoms. The number of hydrogen-bond acceptors (Lipinski definition) is 8. The zero-order valence-electron chi connectivity index (χ0n) is 23.6. The number of alkyl carbamates (subject to hydrolysis) is 1. The Balaban J connectivity index is 2.92. The Kier molecular flexibility index (Phi) is 11.0. The van der Waals surface area contributed by atoms with Crippen LogP contribution in [-0.4, -0.2) is 64.4 Å². The van der Waals surface area contributed by atoms with Gasteiger partial charge in [0.2, 0.25) is 11.8 Å². The van der Waals surface area contributed by atoms with Gasteiger partial charge in [0.15, 0.2) is 0 Å². The minimum absolute atomic E-state index is 0.00450. The Labute approximate surface area is 219 Å². The quantitative estimate of drug-likeness (QED) is 0.417. The molecule has 0 unspecified atom stereocenters. The van der Waals surface area contributed by atoms with Crippen molar-refractivity contribution in [3.8, 4) is 0 Å². The third kappa shape index (κ3) is 13.1. The topological polar surface area (TPSA) is 145 Å². The monoisotopic (exact) mass is 522 g/mol. The number of nitrogens with one attached hydrogen (secondary N) is 3. The van der Waals surface area contributed by atoms with E-state index in [-0.39, 0.29) is 24.4 Å². The number of pyridine rings is 1. The van der Waals surface area contributed by atoms with Crippen LogP contribution in [0.15, 0.2) is 18.3 Å². The molecule has 3 amide bonds. The van der Waals surface area contributed by atoms with Crippen molar-refractivity contribution in [3.05, 3.63) is 23.9 Å². The molecule has 1 heterocycles. The van der Waals surface area contributed by atoms with E-state index in [4.69, 9.17) is 14.2 Å². The molecule has 0 aliphatic rings. The number of nitrogens with zero attached hydrogens (tertiary/aromatic N) is 1. The summed E-state index contributed by atoms with van der Waals surface area (Å²) < 4.78 is 16.3. The fourth-order valence-electron chi connectivity index (χ4n) is 2.81. The molecule has 37 heavy (non-hydrogen) atoms. The van der Waals surface area contributed by atoms with Gasteiger partial charge in [0.1, 0.15) is 34.7 Å². The first-order chi connectivity index (χ1) is 16.8. The highest BCUT2D eigenvalue weighted by molar-refractivity contribution is 6.02. The van der Waals surface area contributed by atoms with Gasteiger partial charge in [0.25, 0.3) is 0 Å². The van der Waals surface area contributed by atoms with Crippen LogP contribution >= 0.6 is 0 Å². The Morgan fingerprint density at radius 1 is 0.865 bits per heavy atom. The molecule has 2 atom stereocenters. The summed E-state index contributed by atoms with van der Waals surface area (Å²) in [5, 5.41) is 7.68. The Bertz CT molecular complexity index is 959. The molecule has 0 aliphatic carbocycles. The Hall–Kier alpha value is -3.21. The number of anilines is 1. The summed E-state index contributed by atoms with van der Waals surface area (Å²) in [5.41, 5.74) is -1.85. The number of rotatable bonds is 9. The average molecular weight is 523 g/mol. The largest absolute Gasteiger partial charge is 0.456 e. The molecule has 0 saturated heterocycles. The van der Waals surface area contributed by atoms with Crippen molar-refractivity contribution < 1.29 is 33.4 Å². The second-order valence-electron chi connectivity index (χ2n) is 11.6. The maximum atomic E-state index is 13.0. The average Bonchev–Trinajstić information content (AvgIpc) is 2.69. The van der Waals surface area contributed by atoms with E-state index in [1.54, 1.807) is 47.6 Å². The SMILES string of the molecule is C[C@H](NC(=O)[C@H](CCOC(C)(C)C)NC(=O)OC(C)(C)C)C(=O)Nc1ncccc1C(=O)OC(C)(C)C. The van der Waals surface area contributed by atoms with Gasteiger partial charge in [-0.05, 0) is 81.4 Å². The van der Waals surface area contributed by atoms with E-state index in [2.05, 4.69) is 20.9 Å². The summed E-state index contributed by atoms with van der Waals surface area (Å²) in [4.78, 5) is 54.7. The van der Waals surface area contributed by atoms with Crippen LogP contribution in [-0.2, 0) is 23.8 Å². The van der Waals surface area contributed by atoms with E-state index >= 15 is 0 Å². The van der Waals surface area contributed by atoms with E-state index in [0.717, 1.165) is 0 Å². The van der Waals surface area contributed by atoms with Gasteiger partial charge in [-0.1, -0.05) is 0 Å². The molecule has 1 aromatic rings. The number of carbonyl (C=O) groups is 4. The van der Waals surface area contributed by atoms with Crippen LogP contribution in [0.1, 0.15) is 86.0 Å². The minimum atomic E-state index is -1.02. The van der Waals surface area contributed by atoms with Crippen molar-refractivity contribution in [2.45, 2.75) is 105 Å². The molecule has 208 valence electrons. The smallest absolute Gasteiger partial charge is 0.408 e. The van der Waals surface area contributed by atoms with Crippen molar-refractivity contribution in [1.82, 2.24) is 15.6 Å². The van der Waals surface area contributed by atoms with Crippen LogP contribution in [0.5, 0.6) is 0 Å². The van der Waals surface area contributed by atoms with Crippen LogP contribution in [0.4, 0.5) is 10.6 Å². The summed E-state index contributed by atoms with van der Waals surface area (Å²) in [6.07, 6.45) is 0.804. The highest BCUT2D eigenvalue weighted by atomic mass is 16.6. The molecule has 0 aromatic carbocycles. The summed E-state index contributed by atoms with van der Waals surface area (Å²) >= 11 is 0. The fourth-order valence-corrected chi connectivity index (χ4v) is 2.81. The molecule has 0 saturated carbocycles. The van der Waals surface area contributed by atoms with Gasteiger partial charge in [-0.3, -0.25) is 9.59 Å². The molecule has 0 fully saturated rings. The standard InChI is InChI=1S/C26H42N4O7/c1-16(20(31)30-19-17(12-11-14-27-19)22(33)36-25(5,6)7)28-21(32)18(13-15-35-24(2,3)4)29-23(34)37-26(8,9)10/h11-12,14,16,18H,13,15H2,1-10H3,(H,28,32)(H,29,34)(H,27,30,31)/t16-,18-/m0/s1. The molecule has 1 rings (SSSR count). The van der Waals surface area contributed by atoms with Crippen LogP contribution < -0.4 is 16.0 Å². The lowest BCUT2D eigenvalue weighted by Gasteiger charge is -2.26. The lowest BCUT2D eigenvalue weighted by atomic mass is 10.1. The van der Waals surface area contributed by atoms with Gasteiger partial charge in [0, 0.05) is 19.2 Å². The number of hydrogen-bond donors (Lipinski definition) is 3. The van der Waals surface area contributed by atoms with E-state index < -0.39 is 52.8 Å². The molecule has 0 radical (unpaired) electrons. The van der Waals surface area contributed by atoms with Gasteiger partial charge in [-0.25, -0.2) is 14.6 Å². The maximum Gasteiger partial charge on any atom is 0.408 e. The molecular formula is C26H42N4O7. The van der Waals surface area contributed by atoms with E-state index in [1.807, 2.05) is 20.8 Å². The third-order valence-electron chi connectivity index (χ3n) is 4.37. The van der Waals surface area contributed by atoms with Gasteiger partial charge in [-0.2, -0.15) is 0 Å². The maximum absolute atomic E-state index is 13.0. The Morgan fingerprint density at radius 2 is 1.46 bits per heavy atom. The van der Waals surface area contributed by atoms with Crippen LogP contribution in [0, 0.1) is 0 Å². The molecule has 3 N–H and O–H groups in total. The van der Waals surface area contributed by atoms with Gasteiger partial charge in [0.05, 0.1) is 5.60 Å². The molecule has 0 spiro atoms. The van der Waals surface area contributed by atoms with E-state index in [0.29, 0.717) is 0 Å². The molecule has 1 aromatic heterocycles. The van der Waals surface area contributed by atoms with Crippen molar-refractivity contribution >= 4 is 29.7 Å². The molecule has 11 nitrogen and oxygen atoms in total. The highest BCUT2D eigenvalue weighted by Crippen LogP contribution is 2.18. The zero-order chi connectivity index (χ0) is 28.6. The summed E-state index contributed by atoms with van der Waals surface area (Å²) in [5.74, 6) is -1.85. The number of esters is 1. The van der Waals surface area contributed by atoms with E-state index in [1.165, 1.54) is 19.2 Å². The van der Waals surface area contributed by atoms with Gasteiger partial charge >= 0.3 is 12.1 Å². The number of amides is 3. The van der Waals surface area contributed by atoms with Crippen molar-refractivity contribution in [3.63, 3.8) is 0 Å². The predicted octanol–water partition coefficient (Wildman–Crippen LogP) is 3.58. The summed E-state index contributed by atoms with van der Waals surface area (Å²) in [6.45, 7) is 17.6.